The Morgan fingerprint density at radius 2 is 2.00 bits per heavy atom. The van der Waals surface area contributed by atoms with E-state index >= 15 is 0 Å². The van der Waals surface area contributed by atoms with Crippen molar-refractivity contribution >= 4 is 17.7 Å². The van der Waals surface area contributed by atoms with Crippen LogP contribution >= 0.6 is 0 Å². The second-order valence-corrected chi connectivity index (χ2v) is 5.25. The lowest BCUT2D eigenvalue weighted by Gasteiger charge is -2.23. The van der Waals surface area contributed by atoms with Gasteiger partial charge in [0.25, 0.3) is 0 Å². The van der Waals surface area contributed by atoms with Gasteiger partial charge in [0.15, 0.2) is 0 Å². The molecule has 21 heavy (non-hydrogen) atoms. The van der Waals surface area contributed by atoms with Gasteiger partial charge in [-0.1, -0.05) is 0 Å². The predicted molar refractivity (Wildman–Crippen MR) is 78.7 cm³/mol. The minimum absolute atomic E-state index is 0.0349. The topological polar surface area (TPSA) is 78.9 Å². The van der Waals surface area contributed by atoms with Gasteiger partial charge in [-0.25, -0.2) is 4.79 Å². The number of carboxylic acid groups (broad SMARTS) is 1. The van der Waals surface area contributed by atoms with E-state index in [1.54, 1.807) is 38.4 Å². The molecule has 6 heteroatoms. The maximum absolute atomic E-state index is 12.2. The van der Waals surface area contributed by atoms with E-state index in [9.17, 15) is 9.59 Å². The highest BCUT2D eigenvalue weighted by molar-refractivity contribution is 5.91. The molecule has 1 fully saturated rings. The number of hydrogen-bond donors (Lipinski definition) is 2. The Kier molecular flexibility index (Phi) is 4.67. The number of benzene rings is 1. The lowest BCUT2D eigenvalue weighted by Crippen LogP contribution is -2.45. The number of nitrogens with one attached hydrogen (secondary N) is 1. The number of nitrogens with zero attached hydrogens (tertiary/aromatic N) is 1. The number of carboxylic acids is 1. The summed E-state index contributed by atoms with van der Waals surface area (Å²) in [5, 5.41) is 11.7. The van der Waals surface area contributed by atoms with Crippen molar-refractivity contribution in [1.82, 2.24) is 5.32 Å². The van der Waals surface area contributed by atoms with Crippen molar-refractivity contribution in [3.63, 3.8) is 0 Å². The molecule has 1 aliphatic carbocycles. The van der Waals surface area contributed by atoms with Gasteiger partial charge in [0.2, 0.25) is 0 Å². The average Bonchev–Trinajstić information content (AvgIpc) is 3.30. The first-order valence-electron chi connectivity index (χ1n) is 6.91. The fraction of sp³-hybridized carbons (Fsp3) is 0.467. The van der Waals surface area contributed by atoms with Crippen molar-refractivity contribution in [3.8, 4) is 5.75 Å². The molecule has 0 radical (unpaired) electrons. The molecule has 2 N–H and O–H groups in total. The zero-order chi connectivity index (χ0) is 15.4. The Morgan fingerprint density at radius 1 is 1.38 bits per heavy atom. The van der Waals surface area contributed by atoms with Crippen molar-refractivity contribution in [2.75, 3.05) is 19.1 Å². The first-order valence-corrected chi connectivity index (χ1v) is 6.91. The van der Waals surface area contributed by atoms with Crippen LogP contribution in [-0.2, 0) is 4.79 Å². The Hall–Kier alpha value is -2.24. The van der Waals surface area contributed by atoms with Crippen LogP contribution in [0.3, 0.4) is 0 Å². The van der Waals surface area contributed by atoms with Crippen molar-refractivity contribution in [2.45, 2.75) is 25.3 Å². The van der Waals surface area contributed by atoms with E-state index in [4.69, 9.17) is 9.84 Å². The number of rotatable bonds is 6. The zero-order valence-electron chi connectivity index (χ0n) is 12.2. The first kappa shape index (κ1) is 15.2. The van der Waals surface area contributed by atoms with E-state index in [1.807, 2.05) is 0 Å². The van der Waals surface area contributed by atoms with Gasteiger partial charge in [-0.2, -0.15) is 0 Å². The van der Waals surface area contributed by atoms with Crippen LogP contribution in [0.25, 0.3) is 0 Å². The van der Waals surface area contributed by atoms with Crippen LogP contribution in [0.15, 0.2) is 24.3 Å². The molecule has 0 aliphatic heterocycles. The van der Waals surface area contributed by atoms with Crippen LogP contribution in [0.2, 0.25) is 0 Å². The second kappa shape index (κ2) is 6.47. The number of carbonyl (C=O) groups excluding carboxylic acids is 1. The molecule has 0 aromatic heterocycles. The zero-order valence-corrected chi connectivity index (χ0v) is 12.2. The lowest BCUT2D eigenvalue weighted by molar-refractivity contribution is -0.137. The molecule has 0 spiro atoms. The largest absolute Gasteiger partial charge is 0.497 e. The third-order valence-electron chi connectivity index (χ3n) is 3.66. The molecule has 114 valence electrons. The summed E-state index contributed by atoms with van der Waals surface area (Å²) >= 11 is 0. The number of carbonyl (C=O) groups is 2. The molecular weight excluding hydrogens is 272 g/mol. The SMILES string of the molecule is COc1ccc(N(C)C(=O)NC(CC(=O)O)C2CC2)cc1. The van der Waals surface area contributed by atoms with E-state index in [2.05, 4.69) is 5.32 Å². The summed E-state index contributed by atoms with van der Waals surface area (Å²) in [7, 11) is 3.24. The van der Waals surface area contributed by atoms with E-state index in [0.29, 0.717) is 5.75 Å². The Morgan fingerprint density at radius 3 is 2.48 bits per heavy atom. The van der Waals surface area contributed by atoms with Crippen molar-refractivity contribution in [2.24, 2.45) is 5.92 Å². The summed E-state index contributed by atoms with van der Waals surface area (Å²) in [6.45, 7) is 0. The third kappa shape index (κ3) is 4.11. The molecule has 2 amide bonds. The molecule has 1 saturated carbocycles. The summed E-state index contributed by atoms with van der Waals surface area (Å²) in [6.07, 6.45) is 1.92. The quantitative estimate of drug-likeness (QED) is 0.841. The standard InChI is InChI=1S/C15H20N2O4/c1-17(11-5-7-12(21-2)8-6-11)15(20)16-13(9-14(18)19)10-3-4-10/h5-8,10,13H,3-4,9H2,1-2H3,(H,16,20)(H,18,19). The minimum atomic E-state index is -0.890. The normalized spacial score (nSPS) is 15.1. The molecule has 1 unspecified atom stereocenters. The summed E-state index contributed by atoms with van der Waals surface area (Å²) < 4.78 is 5.07. The molecule has 1 aromatic rings. The molecule has 0 heterocycles. The van der Waals surface area contributed by atoms with Crippen molar-refractivity contribution in [3.05, 3.63) is 24.3 Å². The molecular formula is C15H20N2O4. The van der Waals surface area contributed by atoms with Gasteiger partial charge in [-0.15, -0.1) is 0 Å². The van der Waals surface area contributed by atoms with Crippen LogP contribution in [-0.4, -0.2) is 37.3 Å². The number of anilines is 1. The summed E-state index contributed by atoms with van der Waals surface area (Å²) in [4.78, 5) is 24.5. The molecule has 2 rings (SSSR count). The number of urea groups is 1. The van der Waals surface area contributed by atoms with Crippen LogP contribution in [0.4, 0.5) is 10.5 Å². The van der Waals surface area contributed by atoms with Gasteiger partial charge in [0.1, 0.15) is 5.75 Å². The number of aliphatic carboxylic acids is 1. The van der Waals surface area contributed by atoms with Gasteiger partial charge in [0, 0.05) is 18.8 Å². The Bertz CT molecular complexity index is 511. The van der Waals surface area contributed by atoms with E-state index in [-0.39, 0.29) is 24.4 Å². The molecule has 0 bridgehead atoms. The lowest BCUT2D eigenvalue weighted by atomic mass is 10.1. The summed E-state index contributed by atoms with van der Waals surface area (Å²) in [5.41, 5.74) is 0.721. The molecule has 6 nitrogen and oxygen atoms in total. The molecule has 0 saturated heterocycles. The third-order valence-corrected chi connectivity index (χ3v) is 3.66. The van der Waals surface area contributed by atoms with Crippen LogP contribution < -0.4 is 15.0 Å². The van der Waals surface area contributed by atoms with Gasteiger partial charge in [-0.3, -0.25) is 9.69 Å². The highest BCUT2D eigenvalue weighted by Crippen LogP contribution is 2.34. The fourth-order valence-corrected chi connectivity index (χ4v) is 2.20. The number of ether oxygens (including phenoxy) is 1. The smallest absolute Gasteiger partial charge is 0.321 e. The van der Waals surface area contributed by atoms with Crippen molar-refractivity contribution in [1.29, 1.82) is 0 Å². The number of hydrogen-bond acceptors (Lipinski definition) is 3. The minimum Gasteiger partial charge on any atom is -0.497 e. The summed E-state index contributed by atoms with van der Waals surface area (Å²) in [5.74, 6) is 0.114. The maximum atomic E-state index is 12.2. The van der Waals surface area contributed by atoms with Crippen LogP contribution in [0, 0.1) is 5.92 Å². The van der Waals surface area contributed by atoms with Gasteiger partial charge >= 0.3 is 12.0 Å². The van der Waals surface area contributed by atoms with Crippen molar-refractivity contribution < 1.29 is 19.4 Å². The number of amides is 2. The molecule has 1 aliphatic rings. The van der Waals surface area contributed by atoms with Crippen LogP contribution in [0.5, 0.6) is 5.75 Å². The average molecular weight is 292 g/mol. The first-order chi connectivity index (χ1) is 10.0. The maximum Gasteiger partial charge on any atom is 0.321 e. The monoisotopic (exact) mass is 292 g/mol. The van der Waals surface area contributed by atoms with Gasteiger partial charge in [-0.05, 0) is 43.0 Å². The second-order valence-electron chi connectivity index (χ2n) is 5.25. The highest BCUT2D eigenvalue weighted by atomic mass is 16.5. The predicted octanol–water partition coefficient (Wildman–Crippen LogP) is 2.09. The van der Waals surface area contributed by atoms with E-state index in [1.165, 1.54) is 4.90 Å². The van der Waals surface area contributed by atoms with Crippen LogP contribution in [0.1, 0.15) is 19.3 Å². The Labute approximate surface area is 123 Å². The molecule has 1 aromatic carbocycles. The van der Waals surface area contributed by atoms with Gasteiger partial charge < -0.3 is 15.2 Å². The molecule has 1 atom stereocenters. The number of methoxy groups -OCH3 is 1. The highest BCUT2D eigenvalue weighted by Gasteiger charge is 2.34. The Balaban J connectivity index is 1.98. The van der Waals surface area contributed by atoms with E-state index < -0.39 is 5.97 Å². The fourth-order valence-electron chi connectivity index (χ4n) is 2.20. The van der Waals surface area contributed by atoms with Gasteiger partial charge in [0.05, 0.1) is 13.5 Å². The van der Waals surface area contributed by atoms with E-state index in [0.717, 1.165) is 18.5 Å². The summed E-state index contributed by atoms with van der Waals surface area (Å²) in [6, 6.07) is 6.52.